The smallest absolute Gasteiger partial charge is 0.161 e. The zero-order chi connectivity index (χ0) is 13.4. The van der Waals surface area contributed by atoms with Crippen molar-refractivity contribution in [3.05, 3.63) is 47.3 Å². The van der Waals surface area contributed by atoms with Gasteiger partial charge in [-0.3, -0.25) is 4.79 Å². The third-order valence-corrected chi connectivity index (χ3v) is 3.36. The molecule has 1 heterocycles. The zero-order valence-electron chi connectivity index (χ0n) is 10.6. The predicted molar refractivity (Wildman–Crippen MR) is 70.3 cm³/mol. The van der Waals surface area contributed by atoms with E-state index in [0.717, 1.165) is 5.69 Å². The number of hydrogen-bond acceptors (Lipinski definition) is 3. The summed E-state index contributed by atoms with van der Waals surface area (Å²) >= 11 is 0. The first-order chi connectivity index (χ1) is 9.19. The Balaban J connectivity index is 2.10. The fraction of sp³-hybridized carbons (Fsp3) is 0.267. The van der Waals surface area contributed by atoms with Crippen molar-refractivity contribution in [2.45, 2.75) is 25.7 Å². The van der Waals surface area contributed by atoms with Gasteiger partial charge in [-0.25, -0.2) is 4.68 Å². The highest BCUT2D eigenvalue weighted by molar-refractivity contribution is 5.97. The van der Waals surface area contributed by atoms with Crippen LogP contribution < -0.4 is 0 Å². The Bertz CT molecular complexity index is 690. The number of Topliss-reactive ketones (excluding diaryl/α,β-unsaturated/α-hetero) is 1. The highest BCUT2D eigenvalue weighted by Crippen LogP contribution is 2.39. The van der Waals surface area contributed by atoms with Gasteiger partial charge in [-0.15, -0.1) is 0 Å². The van der Waals surface area contributed by atoms with E-state index in [0.29, 0.717) is 22.7 Å². The molecule has 1 saturated carbocycles. The van der Waals surface area contributed by atoms with E-state index in [1.54, 1.807) is 22.9 Å². The van der Waals surface area contributed by atoms with Crippen LogP contribution in [0.3, 0.4) is 0 Å². The fourth-order valence-electron chi connectivity index (χ4n) is 2.16. The highest BCUT2D eigenvalue weighted by atomic mass is 16.1. The Labute approximate surface area is 111 Å². The minimum Gasteiger partial charge on any atom is -0.294 e. The third-order valence-electron chi connectivity index (χ3n) is 3.36. The molecule has 0 unspecified atom stereocenters. The molecule has 0 amide bonds. The topological polar surface area (TPSA) is 58.7 Å². The molecule has 0 spiro atoms. The molecule has 1 aliphatic rings. The minimum atomic E-state index is -0.0250. The first-order valence-electron chi connectivity index (χ1n) is 6.30. The average Bonchev–Trinajstić information content (AvgIpc) is 3.15. The maximum atomic E-state index is 11.7. The number of nitrogens with zero attached hydrogens (tertiary/aromatic N) is 3. The number of nitriles is 1. The monoisotopic (exact) mass is 251 g/mol. The van der Waals surface area contributed by atoms with E-state index in [4.69, 9.17) is 5.26 Å². The van der Waals surface area contributed by atoms with Crippen LogP contribution in [0.5, 0.6) is 0 Å². The van der Waals surface area contributed by atoms with Crippen LogP contribution in [0, 0.1) is 11.3 Å². The van der Waals surface area contributed by atoms with Crippen LogP contribution >= 0.6 is 0 Å². The molecule has 0 atom stereocenters. The lowest BCUT2D eigenvalue weighted by Gasteiger charge is -2.07. The largest absolute Gasteiger partial charge is 0.294 e. The van der Waals surface area contributed by atoms with Crippen LogP contribution in [0.2, 0.25) is 0 Å². The van der Waals surface area contributed by atoms with Crippen LogP contribution in [0.1, 0.15) is 47.3 Å². The SMILES string of the molecule is CC(=O)c1ccc(C#N)cc1-n1ccc(C2CC2)n1. The number of hydrogen-bond donors (Lipinski definition) is 0. The summed E-state index contributed by atoms with van der Waals surface area (Å²) in [6.45, 7) is 1.52. The Hall–Kier alpha value is -2.41. The summed E-state index contributed by atoms with van der Waals surface area (Å²) in [5, 5.41) is 13.5. The van der Waals surface area contributed by atoms with E-state index in [-0.39, 0.29) is 5.78 Å². The van der Waals surface area contributed by atoms with Crippen molar-refractivity contribution in [1.29, 1.82) is 5.26 Å². The van der Waals surface area contributed by atoms with Gasteiger partial charge in [-0.2, -0.15) is 10.4 Å². The van der Waals surface area contributed by atoms with Gasteiger partial charge in [0.15, 0.2) is 5.78 Å². The molecule has 3 rings (SSSR count). The van der Waals surface area contributed by atoms with Gasteiger partial charge >= 0.3 is 0 Å². The molecular weight excluding hydrogens is 238 g/mol. The lowest BCUT2D eigenvalue weighted by molar-refractivity contribution is 0.101. The van der Waals surface area contributed by atoms with Crippen LogP contribution in [0.15, 0.2) is 30.5 Å². The molecule has 19 heavy (non-hydrogen) atoms. The number of benzene rings is 1. The molecule has 0 aliphatic heterocycles. The molecule has 1 aliphatic carbocycles. The van der Waals surface area contributed by atoms with E-state index >= 15 is 0 Å². The maximum Gasteiger partial charge on any atom is 0.161 e. The molecule has 4 nitrogen and oxygen atoms in total. The van der Waals surface area contributed by atoms with Crippen molar-refractivity contribution in [1.82, 2.24) is 9.78 Å². The molecule has 0 radical (unpaired) electrons. The average molecular weight is 251 g/mol. The molecule has 4 heteroatoms. The van der Waals surface area contributed by atoms with Crippen molar-refractivity contribution in [2.24, 2.45) is 0 Å². The zero-order valence-corrected chi connectivity index (χ0v) is 10.6. The minimum absolute atomic E-state index is 0.0250. The summed E-state index contributed by atoms with van der Waals surface area (Å²) in [5.74, 6) is 0.545. The van der Waals surface area contributed by atoms with Gasteiger partial charge in [0.1, 0.15) is 0 Å². The molecule has 0 bridgehead atoms. The van der Waals surface area contributed by atoms with Gasteiger partial charge in [0.2, 0.25) is 0 Å². The van der Waals surface area contributed by atoms with Crippen LogP contribution in [0.25, 0.3) is 5.69 Å². The Morgan fingerprint density at radius 3 is 2.84 bits per heavy atom. The van der Waals surface area contributed by atoms with Crippen molar-refractivity contribution >= 4 is 5.78 Å². The van der Waals surface area contributed by atoms with Gasteiger partial charge in [0.25, 0.3) is 0 Å². The molecular formula is C15H13N3O. The lowest BCUT2D eigenvalue weighted by Crippen LogP contribution is -2.05. The van der Waals surface area contributed by atoms with Gasteiger partial charge in [-0.05, 0) is 44.0 Å². The Morgan fingerprint density at radius 1 is 1.42 bits per heavy atom. The second-order valence-electron chi connectivity index (χ2n) is 4.86. The molecule has 94 valence electrons. The normalized spacial score (nSPS) is 14.1. The summed E-state index contributed by atoms with van der Waals surface area (Å²) in [5.41, 5.74) is 2.86. The number of carbonyl (C=O) groups excluding carboxylic acids is 1. The molecule has 2 aromatic rings. The highest BCUT2D eigenvalue weighted by Gasteiger charge is 2.26. The van der Waals surface area contributed by atoms with Crippen molar-refractivity contribution in [3.63, 3.8) is 0 Å². The first kappa shape index (κ1) is 11.7. The fourth-order valence-corrected chi connectivity index (χ4v) is 2.16. The summed E-state index contributed by atoms with van der Waals surface area (Å²) < 4.78 is 1.70. The van der Waals surface area contributed by atoms with Gasteiger partial charge in [0.05, 0.1) is 23.0 Å². The number of aromatic nitrogens is 2. The third kappa shape index (κ3) is 2.15. The maximum absolute atomic E-state index is 11.7. The first-order valence-corrected chi connectivity index (χ1v) is 6.30. The summed E-state index contributed by atoms with van der Waals surface area (Å²) in [6, 6.07) is 9.14. The van der Waals surface area contributed by atoms with Crippen molar-refractivity contribution in [2.75, 3.05) is 0 Å². The van der Waals surface area contributed by atoms with Crippen molar-refractivity contribution in [3.8, 4) is 11.8 Å². The second kappa shape index (κ2) is 4.36. The van der Waals surface area contributed by atoms with Gasteiger partial charge < -0.3 is 0 Å². The lowest BCUT2D eigenvalue weighted by atomic mass is 10.1. The second-order valence-corrected chi connectivity index (χ2v) is 4.86. The number of ketones is 1. The standard InChI is InChI=1S/C15H13N3O/c1-10(19)13-5-2-11(9-16)8-15(13)18-7-6-14(17-18)12-3-4-12/h2,5-8,12H,3-4H2,1H3. The summed E-state index contributed by atoms with van der Waals surface area (Å²) in [4.78, 5) is 11.7. The van der Waals surface area contributed by atoms with Crippen LogP contribution in [0.4, 0.5) is 0 Å². The Morgan fingerprint density at radius 2 is 2.21 bits per heavy atom. The van der Waals surface area contributed by atoms with E-state index in [9.17, 15) is 4.79 Å². The summed E-state index contributed by atoms with van der Waals surface area (Å²) in [6.07, 6.45) is 4.24. The van der Waals surface area contributed by atoms with Crippen LogP contribution in [-0.4, -0.2) is 15.6 Å². The molecule has 1 aromatic carbocycles. The van der Waals surface area contributed by atoms with Gasteiger partial charge in [0, 0.05) is 17.7 Å². The van der Waals surface area contributed by atoms with Gasteiger partial charge in [-0.1, -0.05) is 0 Å². The Kier molecular flexibility index (Phi) is 2.68. The van der Waals surface area contributed by atoms with E-state index in [1.807, 2.05) is 12.3 Å². The molecule has 0 saturated heterocycles. The quantitative estimate of drug-likeness (QED) is 0.788. The molecule has 1 aromatic heterocycles. The van der Waals surface area contributed by atoms with E-state index in [1.165, 1.54) is 19.8 Å². The predicted octanol–water partition coefficient (Wildman–Crippen LogP) is 2.82. The van der Waals surface area contributed by atoms with Crippen molar-refractivity contribution < 1.29 is 4.79 Å². The van der Waals surface area contributed by atoms with E-state index in [2.05, 4.69) is 11.2 Å². The van der Waals surface area contributed by atoms with E-state index < -0.39 is 0 Å². The molecule has 0 N–H and O–H groups in total. The molecule has 1 fully saturated rings. The number of rotatable bonds is 3. The summed E-state index contributed by atoms with van der Waals surface area (Å²) in [7, 11) is 0. The number of carbonyl (C=O) groups is 1. The van der Waals surface area contributed by atoms with Crippen LogP contribution in [-0.2, 0) is 0 Å².